The molecule has 0 unspecified atom stereocenters. The van der Waals surface area contributed by atoms with E-state index < -0.39 is 0 Å². The number of ether oxygens (including phenoxy) is 2. The number of halogens is 2. The van der Waals surface area contributed by atoms with Gasteiger partial charge >= 0.3 is 0 Å². The summed E-state index contributed by atoms with van der Waals surface area (Å²) >= 11 is 0. The van der Waals surface area contributed by atoms with Crippen LogP contribution in [0.4, 0.5) is 8.78 Å². The Hall–Kier alpha value is -5.90. The maximum absolute atomic E-state index is 13.4. The maximum atomic E-state index is 13.4. The fraction of sp³-hybridized carbons (Fsp3) is 0.333. The molecule has 2 aromatic heterocycles. The summed E-state index contributed by atoms with van der Waals surface area (Å²) < 4.78 is 43.8. The van der Waals surface area contributed by atoms with Crippen LogP contribution >= 0.6 is 0 Å². The van der Waals surface area contributed by atoms with Gasteiger partial charge in [-0.2, -0.15) is 0 Å². The Morgan fingerprint density at radius 2 is 0.809 bits per heavy atom. The molecule has 2 fully saturated rings. The zero-order chi connectivity index (χ0) is 45.9. The van der Waals surface area contributed by atoms with Crippen molar-refractivity contribution in [2.45, 2.75) is 88.6 Å². The van der Waals surface area contributed by atoms with Crippen LogP contribution in [0.3, 0.4) is 0 Å². The Morgan fingerprint density at radius 1 is 0.426 bits per heavy atom. The molecule has 0 bridgehead atoms. The third-order valence-corrected chi connectivity index (χ3v) is 15.5. The molecule has 0 radical (unpaired) electrons. The lowest BCUT2D eigenvalue weighted by atomic mass is 9.84. The molecular weight excluding hydrogens is 847 g/mol. The number of hydrogen-bond donors (Lipinski definition) is 0. The molecule has 0 atom stereocenters. The monoisotopic (exact) mass is 908 g/mol. The fourth-order valence-corrected chi connectivity index (χ4v) is 11.7. The second-order valence-electron chi connectivity index (χ2n) is 19.5. The van der Waals surface area contributed by atoms with E-state index in [1.165, 1.54) is 105 Å². The minimum absolute atomic E-state index is 0.0464. The highest BCUT2D eigenvalue weighted by Crippen LogP contribution is 2.45. The molecular formula is C60H62F2N4O2. The number of benzene rings is 6. The predicted octanol–water partition coefficient (Wildman–Crippen LogP) is 13.2. The van der Waals surface area contributed by atoms with Gasteiger partial charge in [0.25, 0.3) is 0 Å². The number of piperidine rings is 2. The van der Waals surface area contributed by atoms with Crippen LogP contribution in [0.25, 0.3) is 33.2 Å². The van der Waals surface area contributed by atoms with E-state index in [1.54, 1.807) is 0 Å². The highest BCUT2D eigenvalue weighted by atomic mass is 19.1. The number of fused-ring (bicyclic) bond motifs is 6. The normalized spacial score (nSPS) is 17.4. The molecule has 0 aliphatic carbocycles. The first kappa shape index (κ1) is 44.6. The summed E-state index contributed by atoms with van der Waals surface area (Å²) in [5.74, 6) is -0.402. The maximum Gasteiger partial charge on any atom is 0.123 e. The fourth-order valence-electron chi connectivity index (χ4n) is 11.7. The standard InChI is InChI=1S/2C30H31FN2O/c2*31-25-12-14-26(15-13-25)33-21-23(27-9-2-4-11-29(27)33)7-5-6-18-32-19-16-30(17-20-32)28-10-3-1-8-24(28)22-34-30/h2*1-4,8-15,21H,5-7,16-20,22H2. The van der Waals surface area contributed by atoms with E-state index in [4.69, 9.17) is 9.47 Å². The van der Waals surface area contributed by atoms with Crippen molar-refractivity contribution in [1.82, 2.24) is 18.9 Å². The third kappa shape index (κ3) is 9.07. The number of para-hydroxylation sites is 2. The Labute approximate surface area is 399 Å². The van der Waals surface area contributed by atoms with Crippen LogP contribution < -0.4 is 0 Å². The summed E-state index contributed by atoms with van der Waals surface area (Å²) in [6.45, 7) is 8.26. The molecule has 12 rings (SSSR count). The quantitative estimate of drug-likeness (QED) is 0.114. The van der Waals surface area contributed by atoms with Crippen LogP contribution in [0, 0.1) is 11.6 Å². The number of aryl methyl sites for hydroxylation is 2. The van der Waals surface area contributed by atoms with Gasteiger partial charge in [-0.3, -0.25) is 0 Å². The zero-order valence-electron chi connectivity index (χ0n) is 39.1. The van der Waals surface area contributed by atoms with Crippen molar-refractivity contribution in [3.63, 3.8) is 0 Å². The summed E-state index contributed by atoms with van der Waals surface area (Å²) in [6.07, 6.45) is 15.7. The van der Waals surface area contributed by atoms with Gasteiger partial charge in [-0.05, 0) is 171 Å². The molecule has 2 spiro atoms. The molecule has 0 saturated carbocycles. The first-order chi connectivity index (χ1) is 33.4. The molecule has 68 heavy (non-hydrogen) atoms. The number of hydrogen-bond acceptors (Lipinski definition) is 4. The summed E-state index contributed by atoms with van der Waals surface area (Å²) in [6, 6.07) is 48.0. The first-order valence-corrected chi connectivity index (χ1v) is 25.0. The Kier molecular flexibility index (Phi) is 12.9. The number of nitrogens with zero attached hydrogens (tertiary/aromatic N) is 4. The van der Waals surface area contributed by atoms with E-state index in [1.807, 2.05) is 24.3 Å². The van der Waals surface area contributed by atoms with Gasteiger partial charge in [-0.25, -0.2) is 8.78 Å². The molecule has 6 nitrogen and oxygen atoms in total. The van der Waals surface area contributed by atoms with E-state index in [0.29, 0.717) is 0 Å². The van der Waals surface area contributed by atoms with Crippen molar-refractivity contribution in [3.8, 4) is 11.4 Å². The van der Waals surface area contributed by atoms with Crippen molar-refractivity contribution in [2.75, 3.05) is 39.3 Å². The lowest BCUT2D eigenvalue weighted by Gasteiger charge is -2.39. The molecule has 8 aromatic rings. The molecule has 8 heteroatoms. The summed E-state index contributed by atoms with van der Waals surface area (Å²) in [5.41, 5.74) is 12.6. The zero-order valence-corrected chi connectivity index (χ0v) is 39.1. The highest BCUT2D eigenvalue weighted by Gasteiger charge is 2.43. The smallest absolute Gasteiger partial charge is 0.123 e. The minimum atomic E-state index is -0.201. The lowest BCUT2D eigenvalue weighted by molar-refractivity contribution is -0.0789. The molecule has 0 amide bonds. The van der Waals surface area contributed by atoms with Gasteiger partial charge in [-0.15, -0.1) is 0 Å². The van der Waals surface area contributed by atoms with Gasteiger partial charge in [0, 0.05) is 60.7 Å². The van der Waals surface area contributed by atoms with Gasteiger partial charge in [0.1, 0.15) is 11.6 Å². The predicted molar refractivity (Wildman–Crippen MR) is 270 cm³/mol. The molecule has 6 aromatic carbocycles. The number of rotatable bonds is 12. The second kappa shape index (κ2) is 19.6. The first-order valence-electron chi connectivity index (χ1n) is 25.0. The lowest BCUT2D eigenvalue weighted by Crippen LogP contribution is -2.42. The number of unbranched alkanes of at least 4 members (excludes halogenated alkanes) is 2. The minimum Gasteiger partial charge on any atom is -0.365 e. The van der Waals surface area contributed by atoms with E-state index in [-0.39, 0.29) is 22.8 Å². The molecule has 4 aliphatic rings. The van der Waals surface area contributed by atoms with Crippen LogP contribution in [0.1, 0.15) is 84.7 Å². The average molecular weight is 909 g/mol. The van der Waals surface area contributed by atoms with Gasteiger partial charge in [-0.1, -0.05) is 84.9 Å². The van der Waals surface area contributed by atoms with Crippen molar-refractivity contribution in [1.29, 1.82) is 0 Å². The van der Waals surface area contributed by atoms with Crippen LogP contribution in [0.15, 0.2) is 158 Å². The van der Waals surface area contributed by atoms with Crippen LogP contribution in [0.5, 0.6) is 0 Å². The van der Waals surface area contributed by atoms with Crippen LogP contribution in [-0.4, -0.2) is 58.2 Å². The average Bonchev–Trinajstić information content (AvgIpc) is 4.15. The highest BCUT2D eigenvalue weighted by molar-refractivity contribution is 5.86. The van der Waals surface area contributed by atoms with E-state index in [0.717, 1.165) is 102 Å². The molecule has 348 valence electrons. The van der Waals surface area contributed by atoms with Crippen LogP contribution in [-0.2, 0) is 46.7 Å². The number of likely N-dealkylation sites (tertiary alicyclic amines) is 2. The molecule has 4 aliphatic heterocycles. The van der Waals surface area contributed by atoms with Crippen molar-refractivity contribution >= 4 is 21.8 Å². The van der Waals surface area contributed by atoms with Gasteiger partial charge < -0.3 is 28.4 Å². The second-order valence-corrected chi connectivity index (χ2v) is 19.5. The molecule has 0 N–H and O–H groups in total. The summed E-state index contributed by atoms with van der Waals surface area (Å²) in [7, 11) is 0. The Bertz CT molecular complexity index is 2770. The van der Waals surface area contributed by atoms with E-state index in [2.05, 4.69) is 128 Å². The van der Waals surface area contributed by atoms with E-state index >= 15 is 0 Å². The Morgan fingerprint density at radius 3 is 1.24 bits per heavy atom. The van der Waals surface area contributed by atoms with Crippen LogP contribution in [0.2, 0.25) is 0 Å². The van der Waals surface area contributed by atoms with Gasteiger partial charge in [0.15, 0.2) is 0 Å². The molecule has 2 saturated heterocycles. The van der Waals surface area contributed by atoms with Crippen molar-refractivity contribution in [2.24, 2.45) is 0 Å². The Balaban J connectivity index is 0.000000149. The van der Waals surface area contributed by atoms with Crippen molar-refractivity contribution in [3.05, 3.63) is 203 Å². The summed E-state index contributed by atoms with van der Waals surface area (Å²) in [5, 5.41) is 2.59. The van der Waals surface area contributed by atoms with Gasteiger partial charge in [0.05, 0.1) is 35.4 Å². The topological polar surface area (TPSA) is 34.8 Å². The van der Waals surface area contributed by atoms with Crippen molar-refractivity contribution < 1.29 is 18.3 Å². The van der Waals surface area contributed by atoms with E-state index in [9.17, 15) is 8.78 Å². The van der Waals surface area contributed by atoms with Gasteiger partial charge in [0.2, 0.25) is 0 Å². The third-order valence-electron chi connectivity index (χ3n) is 15.5. The summed E-state index contributed by atoms with van der Waals surface area (Å²) in [4.78, 5) is 5.22. The SMILES string of the molecule is Fc1ccc(-n2cc(CCCCN3CCC4(CC3)OCc3ccccc34)c3ccccc32)cc1.Fc1ccc(-n2cc(CCCCN3CCC4(CC3)OCc3ccccc34)c3ccccc32)cc1. The number of aromatic nitrogens is 2. The largest absolute Gasteiger partial charge is 0.365 e. The molecule has 6 heterocycles.